The van der Waals surface area contributed by atoms with Crippen LogP contribution in [0.3, 0.4) is 0 Å². The molecule has 0 fully saturated rings. The summed E-state index contributed by atoms with van der Waals surface area (Å²) in [5.41, 5.74) is 7.16. The first-order valence-electron chi connectivity index (χ1n) is 4.57. The molecule has 1 rings (SSSR count). The van der Waals surface area contributed by atoms with Crippen molar-refractivity contribution < 1.29 is 5.11 Å². The Bertz CT molecular complexity index is 347. The summed E-state index contributed by atoms with van der Waals surface area (Å²) < 4.78 is 0. The minimum Gasteiger partial charge on any atom is -0.506 e. The molecule has 2 nitrogen and oxygen atoms in total. The van der Waals surface area contributed by atoms with Crippen molar-refractivity contribution in [2.75, 3.05) is 6.54 Å². The summed E-state index contributed by atoms with van der Waals surface area (Å²) in [5.74, 6) is 0.119. The zero-order chi connectivity index (χ0) is 10.6. The second kappa shape index (κ2) is 5.03. The Morgan fingerprint density at radius 3 is 2.79 bits per heavy atom. The van der Waals surface area contributed by atoms with E-state index < -0.39 is 0 Å². The van der Waals surface area contributed by atoms with E-state index in [1.54, 1.807) is 18.2 Å². The highest BCUT2D eigenvalue weighted by atomic mass is 35.5. The zero-order valence-corrected chi connectivity index (χ0v) is 8.88. The van der Waals surface area contributed by atoms with E-state index in [9.17, 15) is 5.11 Å². The van der Waals surface area contributed by atoms with Gasteiger partial charge in [-0.2, -0.15) is 0 Å². The summed E-state index contributed by atoms with van der Waals surface area (Å²) in [7, 11) is 0. The second-order valence-corrected chi connectivity index (χ2v) is 3.41. The first-order chi connectivity index (χ1) is 6.69. The SMILES string of the molecule is CCc1cc(Cl)c(O)c(/C=C/CN)c1. The fraction of sp³-hybridized carbons (Fsp3) is 0.273. The summed E-state index contributed by atoms with van der Waals surface area (Å²) >= 11 is 5.86. The Labute approximate surface area is 89.0 Å². The van der Waals surface area contributed by atoms with Crippen LogP contribution in [0, 0.1) is 0 Å². The van der Waals surface area contributed by atoms with Crippen LogP contribution < -0.4 is 5.73 Å². The quantitative estimate of drug-likeness (QED) is 0.808. The van der Waals surface area contributed by atoms with Crippen LogP contribution in [0.2, 0.25) is 5.02 Å². The van der Waals surface area contributed by atoms with Crippen molar-refractivity contribution >= 4 is 17.7 Å². The van der Waals surface area contributed by atoms with E-state index in [-0.39, 0.29) is 5.75 Å². The molecule has 0 aliphatic heterocycles. The smallest absolute Gasteiger partial charge is 0.141 e. The number of hydrogen-bond donors (Lipinski definition) is 2. The van der Waals surface area contributed by atoms with Gasteiger partial charge in [0, 0.05) is 12.1 Å². The average Bonchev–Trinajstić information content (AvgIpc) is 2.20. The van der Waals surface area contributed by atoms with E-state index in [2.05, 4.69) is 0 Å². The third kappa shape index (κ3) is 2.50. The topological polar surface area (TPSA) is 46.2 Å². The van der Waals surface area contributed by atoms with Crippen LogP contribution in [0.25, 0.3) is 6.08 Å². The first-order valence-corrected chi connectivity index (χ1v) is 4.94. The maximum atomic E-state index is 9.62. The van der Waals surface area contributed by atoms with Crippen LogP contribution in [-0.2, 0) is 6.42 Å². The van der Waals surface area contributed by atoms with Gasteiger partial charge in [-0.1, -0.05) is 30.7 Å². The lowest BCUT2D eigenvalue weighted by Crippen LogP contribution is -1.92. The zero-order valence-electron chi connectivity index (χ0n) is 8.13. The highest BCUT2D eigenvalue weighted by Crippen LogP contribution is 2.30. The number of hydrogen-bond acceptors (Lipinski definition) is 2. The Morgan fingerprint density at radius 2 is 2.21 bits per heavy atom. The molecule has 3 N–H and O–H groups in total. The van der Waals surface area contributed by atoms with Gasteiger partial charge in [0.2, 0.25) is 0 Å². The molecule has 14 heavy (non-hydrogen) atoms. The van der Waals surface area contributed by atoms with Crippen molar-refractivity contribution in [3.8, 4) is 5.75 Å². The number of nitrogens with two attached hydrogens (primary N) is 1. The molecule has 76 valence electrons. The molecule has 3 heteroatoms. The highest BCUT2D eigenvalue weighted by molar-refractivity contribution is 6.32. The molecule has 0 aromatic heterocycles. The summed E-state index contributed by atoms with van der Waals surface area (Å²) in [5, 5.41) is 10.0. The van der Waals surface area contributed by atoms with Gasteiger partial charge in [0.25, 0.3) is 0 Å². The monoisotopic (exact) mass is 211 g/mol. The maximum Gasteiger partial charge on any atom is 0.141 e. The van der Waals surface area contributed by atoms with Gasteiger partial charge in [-0.25, -0.2) is 0 Å². The number of rotatable bonds is 3. The molecule has 0 amide bonds. The molecule has 1 aromatic rings. The number of halogens is 1. The van der Waals surface area contributed by atoms with Crippen molar-refractivity contribution in [3.05, 3.63) is 34.4 Å². The van der Waals surface area contributed by atoms with Crippen LogP contribution in [0.4, 0.5) is 0 Å². The fourth-order valence-corrected chi connectivity index (χ4v) is 1.45. The molecule has 0 radical (unpaired) electrons. The minimum atomic E-state index is 0.119. The molecule has 1 aromatic carbocycles. The molecule has 0 heterocycles. The number of benzene rings is 1. The predicted octanol–water partition coefficient (Wildman–Crippen LogP) is 2.58. The molecule has 0 bridgehead atoms. The first kappa shape index (κ1) is 11.1. The lowest BCUT2D eigenvalue weighted by molar-refractivity contribution is 0.474. The molecule has 0 aliphatic carbocycles. The van der Waals surface area contributed by atoms with E-state index in [1.807, 2.05) is 13.0 Å². The normalized spacial score (nSPS) is 11.1. The molecule has 0 spiro atoms. The Hall–Kier alpha value is -0.990. The van der Waals surface area contributed by atoms with Crippen molar-refractivity contribution in [1.82, 2.24) is 0 Å². The highest BCUT2D eigenvalue weighted by Gasteiger charge is 2.04. The van der Waals surface area contributed by atoms with Crippen molar-refractivity contribution in [2.24, 2.45) is 5.73 Å². The van der Waals surface area contributed by atoms with Gasteiger partial charge >= 0.3 is 0 Å². The third-order valence-corrected chi connectivity index (χ3v) is 2.28. The molecular weight excluding hydrogens is 198 g/mol. The molecule has 0 unspecified atom stereocenters. The molecule has 0 saturated heterocycles. The Balaban J connectivity index is 3.13. The lowest BCUT2D eigenvalue weighted by Gasteiger charge is -2.05. The third-order valence-electron chi connectivity index (χ3n) is 1.99. The Kier molecular flexibility index (Phi) is 3.98. The van der Waals surface area contributed by atoms with Crippen LogP contribution in [0.1, 0.15) is 18.1 Å². The van der Waals surface area contributed by atoms with E-state index in [0.717, 1.165) is 17.5 Å². The van der Waals surface area contributed by atoms with Crippen molar-refractivity contribution in [1.29, 1.82) is 0 Å². The largest absolute Gasteiger partial charge is 0.506 e. The average molecular weight is 212 g/mol. The van der Waals surface area contributed by atoms with Gasteiger partial charge in [-0.15, -0.1) is 0 Å². The van der Waals surface area contributed by atoms with Gasteiger partial charge in [0.05, 0.1) is 5.02 Å². The van der Waals surface area contributed by atoms with E-state index >= 15 is 0 Å². The summed E-state index contributed by atoms with van der Waals surface area (Å²) in [4.78, 5) is 0. The van der Waals surface area contributed by atoms with Gasteiger partial charge in [-0.05, 0) is 24.1 Å². The van der Waals surface area contributed by atoms with E-state index in [1.165, 1.54) is 0 Å². The minimum absolute atomic E-state index is 0.119. The van der Waals surface area contributed by atoms with Gasteiger partial charge in [0.15, 0.2) is 0 Å². The standard InChI is InChI=1S/C11H14ClNO/c1-2-8-6-9(4-3-5-13)11(14)10(12)7-8/h3-4,6-7,14H,2,5,13H2,1H3/b4-3+. The maximum absolute atomic E-state index is 9.62. The number of aromatic hydroxyl groups is 1. The summed E-state index contributed by atoms with van der Waals surface area (Å²) in [6, 6.07) is 3.68. The molecule has 0 atom stereocenters. The Morgan fingerprint density at radius 1 is 1.50 bits per heavy atom. The summed E-state index contributed by atoms with van der Waals surface area (Å²) in [6.45, 7) is 2.49. The molecule has 0 saturated carbocycles. The van der Waals surface area contributed by atoms with Crippen LogP contribution in [0.15, 0.2) is 18.2 Å². The molecule has 0 aliphatic rings. The fourth-order valence-electron chi connectivity index (χ4n) is 1.20. The molecular formula is C11H14ClNO. The number of phenols is 1. The second-order valence-electron chi connectivity index (χ2n) is 3.01. The lowest BCUT2D eigenvalue weighted by atomic mass is 10.1. The summed E-state index contributed by atoms with van der Waals surface area (Å²) in [6.07, 6.45) is 4.45. The number of phenolic OH excluding ortho intramolecular Hbond substituents is 1. The van der Waals surface area contributed by atoms with Gasteiger partial charge in [0.1, 0.15) is 5.75 Å². The van der Waals surface area contributed by atoms with Gasteiger partial charge < -0.3 is 10.8 Å². The van der Waals surface area contributed by atoms with Gasteiger partial charge in [-0.3, -0.25) is 0 Å². The van der Waals surface area contributed by atoms with Crippen LogP contribution in [-0.4, -0.2) is 11.7 Å². The predicted molar refractivity (Wildman–Crippen MR) is 60.6 cm³/mol. The van der Waals surface area contributed by atoms with Crippen molar-refractivity contribution in [2.45, 2.75) is 13.3 Å². The van der Waals surface area contributed by atoms with Crippen LogP contribution in [0.5, 0.6) is 5.75 Å². The van der Waals surface area contributed by atoms with Crippen molar-refractivity contribution in [3.63, 3.8) is 0 Å². The van der Waals surface area contributed by atoms with E-state index in [0.29, 0.717) is 11.6 Å². The van der Waals surface area contributed by atoms with E-state index in [4.69, 9.17) is 17.3 Å². The number of aryl methyl sites for hydroxylation is 1. The van der Waals surface area contributed by atoms with Crippen LogP contribution >= 0.6 is 11.6 Å².